The molecule has 0 atom stereocenters. The fourth-order valence-corrected chi connectivity index (χ4v) is 4.50. The third-order valence-electron chi connectivity index (χ3n) is 4.93. The van der Waals surface area contributed by atoms with Gasteiger partial charge in [0.05, 0.1) is 21.6 Å². The molecule has 3 aromatic rings. The molecule has 2 aromatic carbocycles. The van der Waals surface area contributed by atoms with Crippen molar-refractivity contribution in [2.45, 2.75) is 11.8 Å². The van der Waals surface area contributed by atoms with Crippen molar-refractivity contribution in [3.05, 3.63) is 58.5 Å². The Hall–Kier alpha value is -3.07. The molecule has 0 unspecified atom stereocenters. The first kappa shape index (κ1) is 20.7. The number of carbonyl (C=O) groups excluding carboxylic acids is 1. The van der Waals surface area contributed by atoms with Crippen molar-refractivity contribution in [1.82, 2.24) is 14.0 Å². The van der Waals surface area contributed by atoms with Gasteiger partial charge in [-0.25, -0.2) is 13.2 Å². The summed E-state index contributed by atoms with van der Waals surface area (Å²) in [6.07, 6.45) is 0. The fraction of sp³-hybridized carbons (Fsp3) is 0.300. The predicted molar refractivity (Wildman–Crippen MR) is 113 cm³/mol. The van der Waals surface area contributed by atoms with Gasteiger partial charge in [0, 0.05) is 28.2 Å². The van der Waals surface area contributed by atoms with Crippen molar-refractivity contribution < 1.29 is 13.2 Å². The summed E-state index contributed by atoms with van der Waals surface area (Å²) in [6, 6.07) is 11.5. The molecular formula is C20H24N4O4S. The van der Waals surface area contributed by atoms with E-state index < -0.39 is 10.0 Å². The van der Waals surface area contributed by atoms with Gasteiger partial charge in [-0.2, -0.15) is 0 Å². The number of hydrogen-bond donors (Lipinski definition) is 0. The monoisotopic (exact) mass is 416 g/mol. The fourth-order valence-electron chi connectivity index (χ4n) is 3.06. The van der Waals surface area contributed by atoms with E-state index in [4.69, 9.17) is 0 Å². The van der Waals surface area contributed by atoms with Gasteiger partial charge in [0.2, 0.25) is 5.91 Å². The minimum atomic E-state index is -4.05. The maximum Gasteiger partial charge on any atom is 0.328 e. The van der Waals surface area contributed by atoms with Crippen LogP contribution < -0.4 is 9.99 Å². The Morgan fingerprint density at radius 3 is 2.14 bits per heavy atom. The first-order valence-electron chi connectivity index (χ1n) is 8.99. The zero-order chi connectivity index (χ0) is 21.5. The summed E-state index contributed by atoms with van der Waals surface area (Å²) < 4.78 is 30.9. The molecule has 1 heterocycles. The Balaban J connectivity index is 2.16. The number of sulfonamides is 1. The number of hydrogen-bond acceptors (Lipinski definition) is 4. The molecule has 0 aliphatic carbocycles. The minimum absolute atomic E-state index is 0.0123. The predicted octanol–water partition coefficient (Wildman–Crippen LogP) is 1.47. The highest BCUT2D eigenvalue weighted by Crippen LogP contribution is 2.26. The molecule has 29 heavy (non-hydrogen) atoms. The number of nitrogens with zero attached hydrogens (tertiary/aromatic N) is 4. The Kier molecular flexibility index (Phi) is 5.27. The summed E-state index contributed by atoms with van der Waals surface area (Å²) in [5, 5.41) is 0. The lowest BCUT2D eigenvalue weighted by Crippen LogP contribution is -2.40. The molecule has 0 aliphatic heterocycles. The van der Waals surface area contributed by atoms with E-state index in [2.05, 4.69) is 0 Å². The average molecular weight is 417 g/mol. The summed E-state index contributed by atoms with van der Waals surface area (Å²) in [5.74, 6) is -0.345. The highest BCUT2D eigenvalue weighted by Gasteiger charge is 2.28. The van der Waals surface area contributed by atoms with Gasteiger partial charge in [-0.3, -0.25) is 18.2 Å². The maximum atomic E-state index is 13.5. The van der Waals surface area contributed by atoms with Crippen molar-refractivity contribution in [2.24, 2.45) is 14.1 Å². The van der Waals surface area contributed by atoms with Crippen LogP contribution in [0, 0.1) is 6.92 Å². The van der Waals surface area contributed by atoms with E-state index in [1.807, 2.05) is 6.92 Å². The van der Waals surface area contributed by atoms with Crippen molar-refractivity contribution in [1.29, 1.82) is 0 Å². The van der Waals surface area contributed by atoms with Crippen LogP contribution in [0.5, 0.6) is 0 Å². The van der Waals surface area contributed by atoms with Crippen LogP contribution in [0.1, 0.15) is 5.56 Å². The van der Waals surface area contributed by atoms with Gasteiger partial charge < -0.3 is 4.90 Å². The number of fused-ring (bicyclic) bond motifs is 1. The molecule has 0 saturated carbocycles. The Morgan fingerprint density at radius 1 is 0.966 bits per heavy atom. The second kappa shape index (κ2) is 7.40. The summed E-state index contributed by atoms with van der Waals surface area (Å²) in [7, 11) is 2.33. The van der Waals surface area contributed by atoms with E-state index in [9.17, 15) is 18.0 Å². The van der Waals surface area contributed by atoms with Crippen LogP contribution in [0.4, 0.5) is 5.69 Å². The number of anilines is 1. The van der Waals surface area contributed by atoms with Gasteiger partial charge >= 0.3 is 5.69 Å². The highest BCUT2D eigenvalue weighted by atomic mass is 32.2. The van der Waals surface area contributed by atoms with E-state index in [0.29, 0.717) is 16.7 Å². The SMILES string of the molecule is Cc1ccc(N(CC(=O)N(C)C)S(=O)(=O)c2ccc3c(c2)n(C)c(=O)n3C)cc1. The number of rotatable bonds is 5. The molecule has 0 N–H and O–H groups in total. The smallest absolute Gasteiger partial charge is 0.328 e. The van der Waals surface area contributed by atoms with Crippen LogP contribution >= 0.6 is 0 Å². The molecule has 3 rings (SSSR count). The molecule has 8 nitrogen and oxygen atoms in total. The van der Waals surface area contributed by atoms with Gasteiger partial charge in [-0.15, -0.1) is 0 Å². The largest absolute Gasteiger partial charge is 0.347 e. The zero-order valence-corrected chi connectivity index (χ0v) is 17.9. The number of likely N-dealkylation sites (N-methyl/N-ethyl adjacent to an activating group) is 1. The second-order valence-electron chi connectivity index (χ2n) is 7.19. The zero-order valence-electron chi connectivity index (χ0n) is 17.1. The lowest BCUT2D eigenvalue weighted by Gasteiger charge is -2.25. The first-order chi connectivity index (χ1) is 13.5. The Morgan fingerprint density at radius 2 is 1.55 bits per heavy atom. The standard InChI is InChI=1S/C20H24N4O4S/c1-14-6-8-15(9-7-14)24(13-19(25)21(2)3)29(27,28)16-10-11-17-18(12-16)23(5)20(26)22(17)4/h6-12H,13H2,1-5H3. The molecule has 0 radical (unpaired) electrons. The van der Waals surface area contributed by atoms with Gasteiger partial charge in [-0.1, -0.05) is 17.7 Å². The van der Waals surface area contributed by atoms with Crippen LogP contribution in [0.15, 0.2) is 52.2 Å². The Bertz CT molecular complexity index is 1240. The van der Waals surface area contributed by atoms with Gasteiger partial charge in [0.15, 0.2) is 0 Å². The number of amides is 1. The van der Waals surface area contributed by atoms with Crippen molar-refractivity contribution in [2.75, 3.05) is 24.9 Å². The highest BCUT2D eigenvalue weighted by molar-refractivity contribution is 7.92. The summed E-state index contributed by atoms with van der Waals surface area (Å²) in [5.41, 5.74) is 2.26. The molecule has 1 aromatic heterocycles. The van der Waals surface area contributed by atoms with E-state index in [1.54, 1.807) is 58.5 Å². The Labute approximate surface area is 169 Å². The molecule has 0 spiro atoms. The van der Waals surface area contributed by atoms with Crippen molar-refractivity contribution in [3.8, 4) is 0 Å². The second-order valence-corrected chi connectivity index (χ2v) is 9.05. The normalized spacial score (nSPS) is 11.6. The van der Waals surface area contributed by atoms with Crippen LogP contribution in [0.3, 0.4) is 0 Å². The lowest BCUT2D eigenvalue weighted by molar-refractivity contribution is -0.127. The summed E-state index contributed by atoms with van der Waals surface area (Å²) in [6.45, 7) is 1.57. The number of aryl methyl sites for hydroxylation is 3. The van der Waals surface area contributed by atoms with E-state index in [1.165, 1.54) is 26.2 Å². The van der Waals surface area contributed by atoms with E-state index in [-0.39, 0.29) is 23.0 Å². The van der Waals surface area contributed by atoms with Crippen LogP contribution in [-0.4, -0.2) is 49.0 Å². The van der Waals surface area contributed by atoms with E-state index in [0.717, 1.165) is 9.87 Å². The quantitative estimate of drug-likeness (QED) is 0.630. The molecule has 154 valence electrons. The maximum absolute atomic E-state index is 13.5. The number of aromatic nitrogens is 2. The summed E-state index contributed by atoms with van der Waals surface area (Å²) >= 11 is 0. The third-order valence-corrected chi connectivity index (χ3v) is 6.70. The van der Waals surface area contributed by atoms with Crippen molar-refractivity contribution >= 4 is 32.7 Å². The molecule has 0 fully saturated rings. The molecule has 9 heteroatoms. The van der Waals surface area contributed by atoms with Crippen LogP contribution in [-0.2, 0) is 28.9 Å². The number of carbonyl (C=O) groups is 1. The molecule has 0 saturated heterocycles. The molecule has 1 amide bonds. The first-order valence-corrected chi connectivity index (χ1v) is 10.4. The molecule has 0 bridgehead atoms. The van der Waals surface area contributed by atoms with Gasteiger partial charge in [0.1, 0.15) is 6.54 Å². The summed E-state index contributed by atoms with van der Waals surface area (Å²) in [4.78, 5) is 25.9. The molecule has 0 aliphatic rings. The van der Waals surface area contributed by atoms with E-state index >= 15 is 0 Å². The van der Waals surface area contributed by atoms with Gasteiger partial charge in [-0.05, 0) is 37.3 Å². The van der Waals surface area contributed by atoms with Crippen LogP contribution in [0.2, 0.25) is 0 Å². The number of benzene rings is 2. The average Bonchev–Trinajstić information content (AvgIpc) is 2.90. The van der Waals surface area contributed by atoms with Gasteiger partial charge in [0.25, 0.3) is 10.0 Å². The minimum Gasteiger partial charge on any atom is -0.347 e. The topological polar surface area (TPSA) is 84.6 Å². The lowest BCUT2D eigenvalue weighted by atomic mass is 10.2. The van der Waals surface area contributed by atoms with Crippen molar-refractivity contribution in [3.63, 3.8) is 0 Å². The molecular weight excluding hydrogens is 392 g/mol. The van der Waals surface area contributed by atoms with Crippen LogP contribution in [0.25, 0.3) is 11.0 Å². The third kappa shape index (κ3) is 3.65. The number of imidazole rings is 1.